The van der Waals surface area contributed by atoms with Crippen LogP contribution in [0.4, 0.5) is 0 Å². The maximum absolute atomic E-state index is 12.4. The molecule has 1 aromatic heterocycles. The number of nitrogens with zero attached hydrogens (tertiary/aromatic N) is 2. The fourth-order valence-corrected chi connectivity index (χ4v) is 2.18. The Morgan fingerprint density at radius 2 is 2.00 bits per heavy atom. The Bertz CT molecular complexity index is 697. The predicted molar refractivity (Wildman–Crippen MR) is 77.5 cm³/mol. The fourth-order valence-electron chi connectivity index (χ4n) is 2.18. The highest BCUT2D eigenvalue weighted by Gasteiger charge is 2.13. The Morgan fingerprint density at radius 3 is 2.60 bits per heavy atom. The molecule has 0 saturated heterocycles. The number of pyridine rings is 1. The molecule has 0 aliphatic heterocycles. The van der Waals surface area contributed by atoms with E-state index < -0.39 is 0 Å². The molecule has 4 heteroatoms. The smallest absolute Gasteiger partial charge is 0.269 e. The zero-order valence-electron chi connectivity index (χ0n) is 11.6. The minimum Gasteiger partial charge on any atom is -0.383 e. The maximum atomic E-state index is 12.4. The second-order valence-corrected chi connectivity index (χ2v) is 4.50. The number of aryl methyl sites for hydroxylation is 1. The van der Waals surface area contributed by atoms with Crippen LogP contribution in [0.5, 0.6) is 0 Å². The van der Waals surface area contributed by atoms with Crippen LogP contribution < -0.4 is 5.56 Å². The molecule has 1 heterocycles. The van der Waals surface area contributed by atoms with E-state index in [2.05, 4.69) is 0 Å². The average Bonchev–Trinajstić information content (AvgIpc) is 2.47. The van der Waals surface area contributed by atoms with Crippen molar-refractivity contribution in [2.75, 3.05) is 13.7 Å². The molecule has 0 bridgehead atoms. The molecule has 0 unspecified atom stereocenters. The number of benzene rings is 1. The summed E-state index contributed by atoms with van der Waals surface area (Å²) in [5.74, 6) is 0. The van der Waals surface area contributed by atoms with E-state index in [0.29, 0.717) is 18.7 Å². The molecule has 1 aromatic carbocycles. The third kappa shape index (κ3) is 2.63. The second-order valence-electron chi connectivity index (χ2n) is 4.50. The first-order chi connectivity index (χ1) is 9.69. The normalized spacial score (nSPS) is 10.2. The molecule has 0 aliphatic rings. The van der Waals surface area contributed by atoms with Crippen molar-refractivity contribution in [2.45, 2.75) is 13.5 Å². The zero-order chi connectivity index (χ0) is 14.5. The van der Waals surface area contributed by atoms with E-state index in [1.54, 1.807) is 11.7 Å². The molecule has 102 valence electrons. The number of aromatic nitrogens is 1. The van der Waals surface area contributed by atoms with Gasteiger partial charge in [0, 0.05) is 24.9 Å². The summed E-state index contributed by atoms with van der Waals surface area (Å²) in [6.45, 7) is 2.76. The van der Waals surface area contributed by atoms with Crippen LogP contribution in [0, 0.1) is 18.3 Å². The second kappa shape index (κ2) is 6.18. The average molecular weight is 268 g/mol. The molecule has 0 radical (unpaired) electrons. The predicted octanol–water partition coefficient (Wildman–Crippen LogP) is 2.34. The van der Waals surface area contributed by atoms with Crippen molar-refractivity contribution in [3.63, 3.8) is 0 Å². The molecule has 0 saturated carbocycles. The van der Waals surface area contributed by atoms with Crippen molar-refractivity contribution in [3.05, 3.63) is 58.0 Å². The molecule has 20 heavy (non-hydrogen) atoms. The highest BCUT2D eigenvalue weighted by atomic mass is 16.5. The van der Waals surface area contributed by atoms with Crippen molar-refractivity contribution < 1.29 is 4.74 Å². The van der Waals surface area contributed by atoms with Crippen molar-refractivity contribution in [2.24, 2.45) is 0 Å². The van der Waals surface area contributed by atoms with Gasteiger partial charge in [-0.3, -0.25) is 4.79 Å². The van der Waals surface area contributed by atoms with E-state index in [0.717, 1.165) is 11.3 Å². The van der Waals surface area contributed by atoms with Crippen LogP contribution in [0.25, 0.3) is 11.1 Å². The molecule has 0 spiro atoms. The highest BCUT2D eigenvalue weighted by molar-refractivity contribution is 5.70. The molecule has 2 aromatic rings. The van der Waals surface area contributed by atoms with Gasteiger partial charge in [0.05, 0.1) is 6.61 Å². The van der Waals surface area contributed by atoms with Crippen molar-refractivity contribution in [1.29, 1.82) is 5.26 Å². The summed E-state index contributed by atoms with van der Waals surface area (Å²) in [5, 5.41) is 9.31. The van der Waals surface area contributed by atoms with E-state index >= 15 is 0 Å². The third-order valence-corrected chi connectivity index (χ3v) is 3.22. The molecular formula is C16H16N2O2. The van der Waals surface area contributed by atoms with Gasteiger partial charge in [-0.1, -0.05) is 30.3 Å². The van der Waals surface area contributed by atoms with Gasteiger partial charge in [-0.25, -0.2) is 0 Å². The van der Waals surface area contributed by atoms with Crippen molar-refractivity contribution in [3.8, 4) is 17.2 Å². The molecule has 0 N–H and O–H groups in total. The molecule has 0 atom stereocenters. The quantitative estimate of drug-likeness (QED) is 0.855. The molecule has 4 nitrogen and oxygen atoms in total. The Labute approximate surface area is 117 Å². The number of hydrogen-bond acceptors (Lipinski definition) is 3. The topological polar surface area (TPSA) is 55.0 Å². The van der Waals surface area contributed by atoms with Gasteiger partial charge in [0.25, 0.3) is 5.56 Å². The lowest BCUT2D eigenvalue weighted by molar-refractivity contribution is 0.185. The van der Waals surface area contributed by atoms with Gasteiger partial charge in [-0.05, 0) is 18.6 Å². The number of hydrogen-bond donors (Lipinski definition) is 0. The Hall–Kier alpha value is -2.38. The summed E-state index contributed by atoms with van der Waals surface area (Å²) in [6.07, 6.45) is 0. The summed E-state index contributed by atoms with van der Waals surface area (Å²) < 4.78 is 6.58. The Kier molecular flexibility index (Phi) is 4.34. The van der Waals surface area contributed by atoms with Gasteiger partial charge in [0.2, 0.25) is 0 Å². The summed E-state index contributed by atoms with van der Waals surface area (Å²) >= 11 is 0. The molecule has 0 fully saturated rings. The molecule has 0 aliphatic carbocycles. The first kappa shape index (κ1) is 14.0. The summed E-state index contributed by atoms with van der Waals surface area (Å²) in [7, 11) is 1.59. The minimum absolute atomic E-state index is 0.179. The van der Waals surface area contributed by atoms with Gasteiger partial charge in [-0.2, -0.15) is 5.26 Å². The van der Waals surface area contributed by atoms with Gasteiger partial charge < -0.3 is 9.30 Å². The van der Waals surface area contributed by atoms with Gasteiger partial charge in [-0.15, -0.1) is 0 Å². The van der Waals surface area contributed by atoms with Crippen molar-refractivity contribution >= 4 is 0 Å². The lowest BCUT2D eigenvalue weighted by Gasteiger charge is -2.13. The summed E-state index contributed by atoms with van der Waals surface area (Å²) in [5.41, 5.74) is 2.30. The van der Waals surface area contributed by atoms with Crippen LogP contribution in [-0.2, 0) is 11.3 Å². The van der Waals surface area contributed by atoms with Crippen LogP contribution in [0.2, 0.25) is 0 Å². The monoisotopic (exact) mass is 268 g/mol. The summed E-state index contributed by atoms with van der Waals surface area (Å²) in [6, 6.07) is 13.4. The fraction of sp³-hybridized carbons (Fsp3) is 0.250. The lowest BCUT2D eigenvalue weighted by atomic mass is 10.0. The maximum Gasteiger partial charge on any atom is 0.269 e. The molecule has 2 rings (SSSR count). The first-order valence-corrected chi connectivity index (χ1v) is 6.38. The SMILES string of the molecule is COCCn1c(C)cc(-c2ccccc2)c(C#N)c1=O. The van der Waals surface area contributed by atoms with Crippen molar-refractivity contribution in [1.82, 2.24) is 4.57 Å². The number of rotatable bonds is 4. The van der Waals surface area contributed by atoms with E-state index in [1.165, 1.54) is 0 Å². The van der Waals surface area contributed by atoms with Gasteiger partial charge >= 0.3 is 0 Å². The van der Waals surface area contributed by atoms with E-state index in [1.807, 2.05) is 49.4 Å². The minimum atomic E-state index is -0.261. The highest BCUT2D eigenvalue weighted by Crippen LogP contribution is 2.22. The van der Waals surface area contributed by atoms with E-state index in [4.69, 9.17) is 4.74 Å². The van der Waals surface area contributed by atoms with E-state index in [-0.39, 0.29) is 11.1 Å². The molecular weight excluding hydrogens is 252 g/mol. The number of methoxy groups -OCH3 is 1. The van der Waals surface area contributed by atoms with Crippen LogP contribution >= 0.6 is 0 Å². The van der Waals surface area contributed by atoms with E-state index in [9.17, 15) is 10.1 Å². The van der Waals surface area contributed by atoms with Gasteiger partial charge in [0.15, 0.2) is 0 Å². The van der Waals surface area contributed by atoms with Crippen LogP contribution in [0.3, 0.4) is 0 Å². The number of ether oxygens (including phenoxy) is 1. The Balaban J connectivity index is 2.62. The van der Waals surface area contributed by atoms with Gasteiger partial charge in [0.1, 0.15) is 11.6 Å². The Morgan fingerprint density at radius 1 is 1.30 bits per heavy atom. The zero-order valence-corrected chi connectivity index (χ0v) is 11.6. The third-order valence-electron chi connectivity index (χ3n) is 3.22. The molecule has 0 amide bonds. The van der Waals surface area contributed by atoms with Crippen LogP contribution in [-0.4, -0.2) is 18.3 Å². The largest absolute Gasteiger partial charge is 0.383 e. The lowest BCUT2D eigenvalue weighted by Crippen LogP contribution is -2.27. The first-order valence-electron chi connectivity index (χ1n) is 6.38. The standard InChI is InChI=1S/C16H16N2O2/c1-12-10-14(13-6-4-3-5-7-13)15(11-17)16(19)18(12)8-9-20-2/h3-7,10H,8-9H2,1-2H3. The van der Waals surface area contributed by atoms with Crippen LogP contribution in [0.15, 0.2) is 41.2 Å². The van der Waals surface area contributed by atoms with Crippen LogP contribution in [0.1, 0.15) is 11.3 Å². The summed E-state index contributed by atoms with van der Waals surface area (Å²) in [4.78, 5) is 12.4. The number of nitriles is 1.